The molecule has 166 valence electrons. The number of hydrogen-bond donors (Lipinski definition) is 0. The van der Waals surface area contributed by atoms with E-state index in [4.69, 9.17) is 9.47 Å². The van der Waals surface area contributed by atoms with Crippen LogP contribution >= 0.6 is 0 Å². The van der Waals surface area contributed by atoms with E-state index in [0.29, 0.717) is 37.8 Å². The van der Waals surface area contributed by atoms with Gasteiger partial charge < -0.3 is 19.3 Å². The first kappa shape index (κ1) is 22.6. The van der Waals surface area contributed by atoms with Crippen LogP contribution in [-0.2, 0) is 14.3 Å². The van der Waals surface area contributed by atoms with Gasteiger partial charge in [-0.3, -0.25) is 4.79 Å². The first-order chi connectivity index (χ1) is 14.8. The zero-order chi connectivity index (χ0) is 22.4. The van der Waals surface area contributed by atoms with E-state index in [0.717, 1.165) is 11.3 Å². The van der Waals surface area contributed by atoms with Gasteiger partial charge in [-0.1, -0.05) is 19.9 Å². The molecule has 0 aliphatic carbocycles. The van der Waals surface area contributed by atoms with Gasteiger partial charge in [-0.15, -0.1) is 0 Å². The van der Waals surface area contributed by atoms with Crippen molar-refractivity contribution in [1.29, 1.82) is 0 Å². The van der Waals surface area contributed by atoms with Gasteiger partial charge in [0.25, 0.3) is 5.91 Å². The number of anilines is 1. The maximum atomic E-state index is 13.1. The molecule has 0 radical (unpaired) electrons. The second-order valence-corrected chi connectivity index (χ2v) is 7.97. The summed E-state index contributed by atoms with van der Waals surface area (Å²) in [5.74, 6) is -0.0659. The molecule has 0 spiro atoms. The standard InChI is InChI=1S/C24H29FN2O4/c1-17(2)22-9-8-21(14-18(22)3)30-16-24(29)31-15-23(28)27-12-10-26(11-13-27)20-6-4-19(25)5-7-20/h4-9,14,17H,10-13,15-16H2,1-3H3. The molecule has 6 nitrogen and oxygen atoms in total. The molecule has 0 unspecified atom stereocenters. The number of ether oxygens (including phenoxy) is 2. The predicted molar refractivity (Wildman–Crippen MR) is 117 cm³/mol. The van der Waals surface area contributed by atoms with E-state index in [9.17, 15) is 14.0 Å². The second kappa shape index (κ2) is 10.3. The van der Waals surface area contributed by atoms with Crippen molar-refractivity contribution < 1.29 is 23.5 Å². The Morgan fingerprint density at radius 2 is 1.68 bits per heavy atom. The van der Waals surface area contributed by atoms with E-state index in [2.05, 4.69) is 18.7 Å². The Bertz CT molecular complexity index is 906. The molecule has 0 bridgehead atoms. The zero-order valence-corrected chi connectivity index (χ0v) is 18.3. The van der Waals surface area contributed by atoms with E-state index in [1.807, 2.05) is 25.1 Å². The number of carbonyl (C=O) groups excluding carboxylic acids is 2. The summed E-state index contributed by atoms with van der Waals surface area (Å²) in [4.78, 5) is 28.1. The average Bonchev–Trinajstić information content (AvgIpc) is 2.76. The molecule has 1 aliphatic rings. The molecule has 0 N–H and O–H groups in total. The quantitative estimate of drug-likeness (QED) is 0.632. The Labute approximate surface area is 182 Å². The highest BCUT2D eigenvalue weighted by atomic mass is 19.1. The Morgan fingerprint density at radius 1 is 1.00 bits per heavy atom. The molecule has 1 amide bonds. The molecule has 3 rings (SSSR count). The van der Waals surface area contributed by atoms with Crippen molar-refractivity contribution in [2.75, 3.05) is 44.3 Å². The van der Waals surface area contributed by atoms with Crippen LogP contribution in [-0.4, -0.2) is 56.2 Å². The summed E-state index contributed by atoms with van der Waals surface area (Å²) in [6, 6.07) is 12.0. The number of piperazine rings is 1. The fourth-order valence-corrected chi connectivity index (χ4v) is 3.67. The van der Waals surface area contributed by atoms with Crippen molar-refractivity contribution >= 4 is 17.6 Å². The number of halogens is 1. The fourth-order valence-electron chi connectivity index (χ4n) is 3.67. The molecule has 2 aromatic carbocycles. The van der Waals surface area contributed by atoms with Gasteiger partial charge in [0.1, 0.15) is 11.6 Å². The van der Waals surface area contributed by atoms with Crippen LogP contribution < -0.4 is 9.64 Å². The maximum Gasteiger partial charge on any atom is 0.344 e. The Hall–Kier alpha value is -3.09. The lowest BCUT2D eigenvalue weighted by atomic mass is 9.98. The maximum absolute atomic E-state index is 13.1. The summed E-state index contributed by atoms with van der Waals surface area (Å²) in [5.41, 5.74) is 3.27. The highest BCUT2D eigenvalue weighted by Gasteiger charge is 2.22. The number of hydrogen-bond acceptors (Lipinski definition) is 5. The van der Waals surface area contributed by atoms with Crippen LogP contribution in [0.1, 0.15) is 30.9 Å². The Morgan fingerprint density at radius 3 is 2.29 bits per heavy atom. The van der Waals surface area contributed by atoms with Crippen LogP contribution in [0.25, 0.3) is 0 Å². The van der Waals surface area contributed by atoms with Crippen LogP contribution in [0.3, 0.4) is 0 Å². The van der Waals surface area contributed by atoms with Crippen LogP contribution in [0.15, 0.2) is 42.5 Å². The third kappa shape index (κ3) is 6.20. The first-order valence-corrected chi connectivity index (χ1v) is 10.5. The topological polar surface area (TPSA) is 59.1 Å². The van der Waals surface area contributed by atoms with Crippen molar-refractivity contribution in [3.8, 4) is 5.75 Å². The SMILES string of the molecule is Cc1cc(OCC(=O)OCC(=O)N2CCN(c3ccc(F)cc3)CC2)ccc1C(C)C. The third-order valence-corrected chi connectivity index (χ3v) is 5.40. The molecule has 0 atom stereocenters. The Kier molecular flexibility index (Phi) is 7.50. The van der Waals surface area contributed by atoms with Crippen LogP contribution in [0.5, 0.6) is 5.75 Å². The van der Waals surface area contributed by atoms with E-state index in [1.54, 1.807) is 17.0 Å². The minimum absolute atomic E-state index is 0.232. The number of benzene rings is 2. The molecule has 31 heavy (non-hydrogen) atoms. The lowest BCUT2D eigenvalue weighted by molar-refractivity contribution is -0.153. The van der Waals surface area contributed by atoms with Gasteiger partial charge in [-0.2, -0.15) is 0 Å². The van der Waals surface area contributed by atoms with E-state index in [-0.39, 0.29) is 24.9 Å². The van der Waals surface area contributed by atoms with Crippen molar-refractivity contribution in [2.24, 2.45) is 0 Å². The van der Waals surface area contributed by atoms with Crippen molar-refractivity contribution in [3.05, 3.63) is 59.4 Å². The highest BCUT2D eigenvalue weighted by Crippen LogP contribution is 2.23. The third-order valence-electron chi connectivity index (χ3n) is 5.40. The van der Waals surface area contributed by atoms with Gasteiger partial charge >= 0.3 is 5.97 Å². The second-order valence-electron chi connectivity index (χ2n) is 7.97. The molecule has 1 aliphatic heterocycles. The van der Waals surface area contributed by atoms with Gasteiger partial charge in [0.05, 0.1) is 0 Å². The van der Waals surface area contributed by atoms with Crippen molar-refractivity contribution in [3.63, 3.8) is 0 Å². The molecule has 1 heterocycles. The van der Waals surface area contributed by atoms with Gasteiger partial charge in [0, 0.05) is 31.9 Å². The number of nitrogens with zero attached hydrogens (tertiary/aromatic N) is 2. The number of aryl methyl sites for hydroxylation is 1. The first-order valence-electron chi connectivity index (χ1n) is 10.5. The molecule has 0 saturated carbocycles. The molecule has 0 aromatic heterocycles. The number of esters is 1. The van der Waals surface area contributed by atoms with E-state index in [1.165, 1.54) is 17.7 Å². The number of amides is 1. The molecular formula is C24H29FN2O4. The largest absolute Gasteiger partial charge is 0.482 e. The Balaban J connectivity index is 1.39. The van der Waals surface area contributed by atoms with E-state index >= 15 is 0 Å². The minimum atomic E-state index is -0.580. The van der Waals surface area contributed by atoms with E-state index < -0.39 is 5.97 Å². The molecule has 7 heteroatoms. The van der Waals surface area contributed by atoms with Crippen molar-refractivity contribution in [2.45, 2.75) is 26.7 Å². The number of carbonyl (C=O) groups is 2. The summed E-state index contributed by atoms with van der Waals surface area (Å²) in [6.07, 6.45) is 0. The minimum Gasteiger partial charge on any atom is -0.482 e. The van der Waals surface area contributed by atoms with Crippen LogP contribution in [0.2, 0.25) is 0 Å². The fraction of sp³-hybridized carbons (Fsp3) is 0.417. The molecule has 2 aromatic rings. The predicted octanol–water partition coefficient (Wildman–Crippen LogP) is 3.53. The lowest BCUT2D eigenvalue weighted by Gasteiger charge is -2.36. The number of rotatable bonds is 7. The van der Waals surface area contributed by atoms with Crippen LogP contribution in [0, 0.1) is 12.7 Å². The summed E-state index contributed by atoms with van der Waals surface area (Å²) in [7, 11) is 0. The zero-order valence-electron chi connectivity index (χ0n) is 18.3. The summed E-state index contributed by atoms with van der Waals surface area (Å²) in [6.45, 7) is 8.03. The molecule has 1 saturated heterocycles. The summed E-state index contributed by atoms with van der Waals surface area (Å²) in [5, 5.41) is 0. The van der Waals surface area contributed by atoms with Gasteiger partial charge in [0.15, 0.2) is 13.2 Å². The summed E-state index contributed by atoms with van der Waals surface area (Å²) < 4.78 is 23.6. The lowest BCUT2D eigenvalue weighted by Crippen LogP contribution is -2.50. The normalized spacial score (nSPS) is 14.0. The molecule has 1 fully saturated rings. The smallest absolute Gasteiger partial charge is 0.344 e. The summed E-state index contributed by atoms with van der Waals surface area (Å²) >= 11 is 0. The monoisotopic (exact) mass is 428 g/mol. The molecular weight excluding hydrogens is 399 g/mol. The van der Waals surface area contributed by atoms with Crippen molar-refractivity contribution in [1.82, 2.24) is 4.90 Å². The van der Waals surface area contributed by atoms with Gasteiger partial charge in [-0.25, -0.2) is 9.18 Å². The highest BCUT2D eigenvalue weighted by molar-refractivity contribution is 5.81. The average molecular weight is 429 g/mol. The van der Waals surface area contributed by atoms with Gasteiger partial charge in [0.2, 0.25) is 0 Å². The van der Waals surface area contributed by atoms with Crippen LogP contribution in [0.4, 0.5) is 10.1 Å². The van der Waals surface area contributed by atoms with Gasteiger partial charge in [-0.05, 0) is 60.4 Å².